The second kappa shape index (κ2) is 6.72. The van der Waals surface area contributed by atoms with Crippen LogP contribution < -0.4 is 4.74 Å². The summed E-state index contributed by atoms with van der Waals surface area (Å²) in [5, 5.41) is 0. The molecule has 0 saturated carbocycles. The van der Waals surface area contributed by atoms with Crippen molar-refractivity contribution in [2.45, 2.75) is 51.1 Å². The Morgan fingerprint density at radius 1 is 1.21 bits per heavy atom. The van der Waals surface area contributed by atoms with E-state index in [4.69, 9.17) is 18.8 Å². The molecule has 0 aliphatic carbocycles. The maximum atomic E-state index is 14.1. The summed E-state index contributed by atoms with van der Waals surface area (Å²) in [4.78, 5) is 11.8. The molecule has 1 unspecified atom stereocenters. The number of ether oxygens (including phenoxy) is 2. The van der Waals surface area contributed by atoms with Gasteiger partial charge in [-0.3, -0.25) is 4.79 Å². The lowest BCUT2D eigenvalue weighted by atomic mass is 9.66. The Morgan fingerprint density at radius 2 is 1.79 bits per heavy atom. The van der Waals surface area contributed by atoms with Crippen molar-refractivity contribution in [3.63, 3.8) is 0 Å². The first-order valence-corrected chi connectivity index (χ1v) is 7.87. The van der Waals surface area contributed by atoms with Crippen LogP contribution in [0.3, 0.4) is 0 Å². The number of hydrogen-bond donors (Lipinski definition) is 0. The molecule has 0 aromatic heterocycles. The molecular formula is C17H24BFO5. The highest BCUT2D eigenvalue weighted by atomic mass is 19.1. The molecule has 1 heterocycles. The fraction of sp³-hybridized carbons (Fsp3) is 0.588. The SMILES string of the molecule is COC(=O)CC(B1OC(C)(C)C(C)(C)O1)c1ccc(OC)c(F)c1. The molecule has 0 bridgehead atoms. The van der Waals surface area contributed by atoms with Crippen molar-refractivity contribution in [3.05, 3.63) is 29.6 Å². The number of halogens is 1. The van der Waals surface area contributed by atoms with E-state index in [1.165, 1.54) is 26.4 Å². The fourth-order valence-corrected chi connectivity index (χ4v) is 2.60. The molecule has 1 aromatic carbocycles. The van der Waals surface area contributed by atoms with Gasteiger partial charge in [-0.2, -0.15) is 0 Å². The van der Waals surface area contributed by atoms with Crippen molar-refractivity contribution < 1.29 is 28.0 Å². The third kappa shape index (κ3) is 3.57. The lowest BCUT2D eigenvalue weighted by Gasteiger charge is -2.32. The minimum absolute atomic E-state index is 0.0269. The Morgan fingerprint density at radius 3 is 2.25 bits per heavy atom. The molecule has 7 heteroatoms. The highest BCUT2D eigenvalue weighted by Gasteiger charge is 2.54. The van der Waals surface area contributed by atoms with Crippen LogP contribution in [0.4, 0.5) is 4.39 Å². The zero-order chi connectivity index (χ0) is 18.1. The van der Waals surface area contributed by atoms with Gasteiger partial charge < -0.3 is 18.8 Å². The molecule has 1 aliphatic rings. The van der Waals surface area contributed by atoms with Crippen LogP contribution in [-0.2, 0) is 18.8 Å². The van der Waals surface area contributed by atoms with Gasteiger partial charge in [-0.05, 0) is 45.4 Å². The van der Waals surface area contributed by atoms with Crippen molar-refractivity contribution in [2.24, 2.45) is 0 Å². The van der Waals surface area contributed by atoms with E-state index in [0.29, 0.717) is 5.56 Å². The summed E-state index contributed by atoms with van der Waals surface area (Å²) in [6, 6.07) is 4.58. The average molecular weight is 338 g/mol. The summed E-state index contributed by atoms with van der Waals surface area (Å²) >= 11 is 0. The van der Waals surface area contributed by atoms with Gasteiger partial charge in [-0.1, -0.05) is 6.07 Å². The molecule has 1 saturated heterocycles. The summed E-state index contributed by atoms with van der Waals surface area (Å²) in [6.45, 7) is 7.71. The first kappa shape index (κ1) is 18.7. The van der Waals surface area contributed by atoms with Gasteiger partial charge in [0.15, 0.2) is 11.6 Å². The van der Waals surface area contributed by atoms with Gasteiger partial charge in [0.25, 0.3) is 0 Å². The quantitative estimate of drug-likeness (QED) is 0.610. The van der Waals surface area contributed by atoms with Crippen molar-refractivity contribution in [2.75, 3.05) is 14.2 Å². The third-order valence-electron chi connectivity index (χ3n) is 4.82. The van der Waals surface area contributed by atoms with E-state index in [9.17, 15) is 9.18 Å². The zero-order valence-corrected chi connectivity index (χ0v) is 15.0. The van der Waals surface area contributed by atoms with E-state index in [-0.39, 0.29) is 12.2 Å². The number of hydrogen-bond acceptors (Lipinski definition) is 5. The molecule has 132 valence electrons. The molecule has 1 fully saturated rings. The van der Waals surface area contributed by atoms with Crippen molar-refractivity contribution >= 4 is 13.1 Å². The smallest absolute Gasteiger partial charge is 0.466 e. The second-order valence-electron chi connectivity index (χ2n) is 6.91. The van der Waals surface area contributed by atoms with Crippen LogP contribution in [-0.4, -0.2) is 38.5 Å². The Labute approximate surface area is 142 Å². The summed E-state index contributed by atoms with van der Waals surface area (Å²) in [6.07, 6.45) is 0.0269. The molecular weight excluding hydrogens is 314 g/mol. The van der Waals surface area contributed by atoms with E-state index < -0.39 is 35.9 Å². The standard InChI is InChI=1S/C17H24BFO5/c1-16(2)17(3,4)24-18(23-16)12(10-15(20)22-6)11-7-8-14(21-5)13(19)9-11/h7-9,12H,10H2,1-6H3. The van der Waals surface area contributed by atoms with E-state index >= 15 is 0 Å². The predicted octanol–water partition coefficient (Wildman–Crippen LogP) is 3.11. The first-order chi connectivity index (χ1) is 11.1. The molecule has 1 aliphatic heterocycles. The molecule has 0 N–H and O–H groups in total. The fourth-order valence-electron chi connectivity index (χ4n) is 2.60. The molecule has 5 nitrogen and oxygen atoms in total. The highest BCUT2D eigenvalue weighted by Crippen LogP contribution is 2.42. The largest absolute Gasteiger partial charge is 0.494 e. The van der Waals surface area contributed by atoms with Crippen molar-refractivity contribution in [1.29, 1.82) is 0 Å². The topological polar surface area (TPSA) is 54.0 Å². The van der Waals surface area contributed by atoms with Crippen LogP contribution in [0, 0.1) is 5.82 Å². The summed E-state index contributed by atoms with van der Waals surface area (Å²) in [5.74, 6) is -1.25. The van der Waals surface area contributed by atoms with Crippen molar-refractivity contribution in [1.82, 2.24) is 0 Å². The maximum Gasteiger partial charge on any atom is 0.466 e. The molecule has 0 amide bonds. The molecule has 1 atom stereocenters. The zero-order valence-electron chi connectivity index (χ0n) is 15.0. The van der Waals surface area contributed by atoms with Gasteiger partial charge in [-0.15, -0.1) is 0 Å². The van der Waals surface area contributed by atoms with Gasteiger partial charge in [0.1, 0.15) is 0 Å². The van der Waals surface area contributed by atoms with E-state index in [1.807, 2.05) is 27.7 Å². The van der Waals surface area contributed by atoms with Gasteiger partial charge in [-0.25, -0.2) is 4.39 Å². The number of esters is 1. The molecule has 0 radical (unpaired) electrons. The second-order valence-corrected chi connectivity index (χ2v) is 6.91. The number of methoxy groups -OCH3 is 2. The molecule has 1 aromatic rings. The number of benzene rings is 1. The first-order valence-electron chi connectivity index (χ1n) is 7.87. The average Bonchev–Trinajstić information content (AvgIpc) is 2.72. The minimum atomic E-state index is -0.679. The molecule has 0 spiro atoms. The predicted molar refractivity (Wildman–Crippen MR) is 88.4 cm³/mol. The van der Waals surface area contributed by atoms with Gasteiger partial charge >= 0.3 is 13.1 Å². The highest BCUT2D eigenvalue weighted by molar-refractivity contribution is 6.48. The number of carbonyl (C=O) groups is 1. The van der Waals surface area contributed by atoms with E-state index in [1.54, 1.807) is 6.07 Å². The van der Waals surface area contributed by atoms with Crippen LogP contribution >= 0.6 is 0 Å². The number of rotatable bonds is 5. The van der Waals surface area contributed by atoms with Gasteiger partial charge in [0.05, 0.1) is 31.8 Å². The van der Waals surface area contributed by atoms with Crippen LogP contribution in [0.1, 0.15) is 45.5 Å². The summed E-state index contributed by atoms with van der Waals surface area (Å²) in [5.41, 5.74) is -0.495. The Balaban J connectivity index is 2.36. The maximum absolute atomic E-state index is 14.1. The monoisotopic (exact) mass is 338 g/mol. The summed E-state index contributed by atoms with van der Waals surface area (Å²) < 4.78 is 35.9. The minimum Gasteiger partial charge on any atom is -0.494 e. The molecule has 24 heavy (non-hydrogen) atoms. The van der Waals surface area contributed by atoms with Crippen LogP contribution in [0.25, 0.3) is 0 Å². The Hall–Kier alpha value is -1.60. The Bertz CT molecular complexity index is 601. The van der Waals surface area contributed by atoms with Gasteiger partial charge in [0, 0.05) is 5.82 Å². The Kier molecular flexibility index (Phi) is 5.25. The third-order valence-corrected chi connectivity index (χ3v) is 4.82. The lowest BCUT2D eigenvalue weighted by Crippen LogP contribution is -2.41. The van der Waals surface area contributed by atoms with Crippen LogP contribution in [0.2, 0.25) is 0 Å². The number of carbonyl (C=O) groups excluding carboxylic acids is 1. The van der Waals surface area contributed by atoms with Crippen LogP contribution in [0.5, 0.6) is 5.75 Å². The van der Waals surface area contributed by atoms with E-state index in [2.05, 4.69) is 0 Å². The van der Waals surface area contributed by atoms with Crippen LogP contribution in [0.15, 0.2) is 18.2 Å². The van der Waals surface area contributed by atoms with Crippen molar-refractivity contribution in [3.8, 4) is 5.75 Å². The van der Waals surface area contributed by atoms with Gasteiger partial charge in [0.2, 0.25) is 0 Å². The summed E-state index contributed by atoms with van der Waals surface area (Å²) in [7, 11) is 2.04. The molecule has 2 rings (SSSR count). The lowest BCUT2D eigenvalue weighted by molar-refractivity contribution is -0.140. The normalized spacial score (nSPS) is 19.9. The van der Waals surface area contributed by atoms with E-state index in [0.717, 1.165) is 0 Å².